The first-order valence-corrected chi connectivity index (χ1v) is 9.12. The Balaban J connectivity index is 1.73. The molecule has 1 aliphatic carbocycles. The van der Waals surface area contributed by atoms with E-state index in [9.17, 15) is 4.79 Å². The Kier molecular flexibility index (Phi) is 4.63. The number of fused-ring (bicyclic) bond motifs is 1. The predicted molar refractivity (Wildman–Crippen MR) is 98.0 cm³/mol. The number of carbonyl (C=O) groups excluding carboxylic acids is 1. The summed E-state index contributed by atoms with van der Waals surface area (Å²) in [5.74, 6) is 1.20. The van der Waals surface area contributed by atoms with Gasteiger partial charge in [0.1, 0.15) is 5.75 Å². The van der Waals surface area contributed by atoms with Crippen molar-refractivity contribution < 1.29 is 9.53 Å². The molecule has 0 saturated carbocycles. The molecule has 1 aromatic heterocycles. The smallest absolute Gasteiger partial charge is 0.257 e. The van der Waals surface area contributed by atoms with Gasteiger partial charge >= 0.3 is 0 Å². The number of hydrogen-bond acceptors (Lipinski definition) is 4. The molecule has 0 fully saturated rings. The van der Waals surface area contributed by atoms with Crippen LogP contribution >= 0.6 is 11.3 Å². The molecule has 24 heavy (non-hydrogen) atoms. The van der Waals surface area contributed by atoms with Gasteiger partial charge in [0.05, 0.1) is 12.8 Å². The van der Waals surface area contributed by atoms with Crippen molar-refractivity contribution in [1.82, 2.24) is 4.98 Å². The van der Waals surface area contributed by atoms with Crippen LogP contribution in [0.25, 0.3) is 0 Å². The fourth-order valence-electron chi connectivity index (χ4n) is 3.10. The van der Waals surface area contributed by atoms with Gasteiger partial charge in [-0.15, -0.1) is 11.3 Å². The summed E-state index contributed by atoms with van der Waals surface area (Å²) in [7, 11) is 1.59. The lowest BCUT2D eigenvalue weighted by Gasteiger charge is -2.33. The summed E-state index contributed by atoms with van der Waals surface area (Å²) in [5, 5.41) is 3.63. The molecular formula is C19H24N2O2S. The average Bonchev–Trinajstić information content (AvgIpc) is 2.95. The Morgan fingerprint density at radius 3 is 2.88 bits per heavy atom. The minimum Gasteiger partial charge on any atom is -0.497 e. The van der Waals surface area contributed by atoms with Gasteiger partial charge in [-0.3, -0.25) is 10.1 Å². The molecule has 3 rings (SSSR count). The molecule has 0 spiro atoms. The number of methoxy groups -OCH3 is 1. The summed E-state index contributed by atoms with van der Waals surface area (Å²) in [4.78, 5) is 18.4. The van der Waals surface area contributed by atoms with Gasteiger partial charge < -0.3 is 4.74 Å². The van der Waals surface area contributed by atoms with Gasteiger partial charge in [-0.05, 0) is 48.8 Å². The van der Waals surface area contributed by atoms with Crippen molar-refractivity contribution in [3.63, 3.8) is 0 Å². The van der Waals surface area contributed by atoms with E-state index in [2.05, 4.69) is 31.1 Å². The number of carbonyl (C=O) groups is 1. The van der Waals surface area contributed by atoms with Crippen LogP contribution in [0.15, 0.2) is 24.3 Å². The van der Waals surface area contributed by atoms with Crippen LogP contribution in [0.5, 0.6) is 5.75 Å². The van der Waals surface area contributed by atoms with Crippen LogP contribution in [0.1, 0.15) is 48.1 Å². The molecule has 5 heteroatoms. The highest BCUT2D eigenvalue weighted by molar-refractivity contribution is 7.15. The molecule has 128 valence electrons. The number of nitrogens with zero attached hydrogens (tertiary/aromatic N) is 1. The number of aromatic nitrogens is 1. The van der Waals surface area contributed by atoms with Crippen molar-refractivity contribution in [1.29, 1.82) is 0 Å². The lowest BCUT2D eigenvalue weighted by atomic mass is 9.73. The van der Waals surface area contributed by atoms with Gasteiger partial charge in [-0.25, -0.2) is 4.98 Å². The maximum Gasteiger partial charge on any atom is 0.257 e. The van der Waals surface area contributed by atoms with E-state index in [1.165, 1.54) is 11.3 Å². The molecular weight excluding hydrogens is 320 g/mol. The van der Waals surface area contributed by atoms with Crippen molar-refractivity contribution in [2.24, 2.45) is 11.3 Å². The number of benzene rings is 1. The highest BCUT2D eigenvalue weighted by atomic mass is 32.1. The van der Waals surface area contributed by atoms with Gasteiger partial charge in [-0.2, -0.15) is 0 Å². The lowest BCUT2D eigenvalue weighted by Crippen LogP contribution is -2.26. The second kappa shape index (κ2) is 6.55. The minimum atomic E-state index is -0.146. The second-order valence-electron chi connectivity index (χ2n) is 7.38. The Bertz CT molecular complexity index is 746. The Morgan fingerprint density at radius 1 is 1.38 bits per heavy atom. The molecule has 0 bridgehead atoms. The third-order valence-electron chi connectivity index (χ3n) is 4.72. The molecule has 0 aliphatic heterocycles. The number of aryl methyl sites for hydroxylation is 1. The number of nitrogens with one attached hydrogen (secondary N) is 1. The fraction of sp³-hybridized carbons (Fsp3) is 0.474. The van der Waals surface area contributed by atoms with E-state index in [4.69, 9.17) is 4.74 Å². The zero-order valence-corrected chi connectivity index (χ0v) is 15.5. The lowest BCUT2D eigenvalue weighted by molar-refractivity contribution is 0.102. The average molecular weight is 344 g/mol. The molecule has 2 aromatic rings. The Morgan fingerprint density at radius 2 is 2.17 bits per heavy atom. The minimum absolute atomic E-state index is 0.146. The van der Waals surface area contributed by atoms with Crippen LogP contribution in [0.4, 0.5) is 5.13 Å². The topological polar surface area (TPSA) is 51.2 Å². The molecule has 4 nitrogen and oxygen atoms in total. The Hall–Kier alpha value is -1.88. The summed E-state index contributed by atoms with van der Waals surface area (Å²) in [6, 6.07) is 7.15. The van der Waals surface area contributed by atoms with Crippen molar-refractivity contribution in [3.8, 4) is 5.75 Å². The van der Waals surface area contributed by atoms with Gasteiger partial charge in [0.25, 0.3) is 5.91 Å². The largest absolute Gasteiger partial charge is 0.497 e. The van der Waals surface area contributed by atoms with E-state index < -0.39 is 0 Å². The standard InChI is InChI=1S/C19H24N2O2S/c1-19(2,3)13-8-9-15-16(11-13)24-18(20-15)21-17(22)12-6-5-7-14(10-12)23-4/h5-7,10,13H,8-9,11H2,1-4H3,(H,20,21,22). The molecule has 1 amide bonds. The van der Waals surface area contributed by atoms with Crippen LogP contribution in [-0.2, 0) is 12.8 Å². The van der Waals surface area contributed by atoms with Gasteiger partial charge in [0, 0.05) is 10.4 Å². The molecule has 0 radical (unpaired) electrons. The SMILES string of the molecule is COc1cccc(C(=O)Nc2nc3c(s2)CC(C(C)(C)C)CC3)c1. The van der Waals surface area contributed by atoms with Crippen molar-refractivity contribution >= 4 is 22.4 Å². The number of hydrogen-bond donors (Lipinski definition) is 1. The van der Waals surface area contributed by atoms with E-state index in [1.54, 1.807) is 30.6 Å². The summed E-state index contributed by atoms with van der Waals surface area (Å²) in [6.45, 7) is 6.90. The predicted octanol–water partition coefficient (Wildman–Crippen LogP) is 4.56. The second-order valence-corrected chi connectivity index (χ2v) is 8.46. The molecule has 1 heterocycles. The molecule has 1 aliphatic rings. The molecule has 1 unspecified atom stereocenters. The maximum atomic E-state index is 12.4. The van der Waals surface area contributed by atoms with Crippen molar-refractivity contribution in [3.05, 3.63) is 40.4 Å². The number of thiazole rings is 1. The van der Waals surface area contributed by atoms with E-state index >= 15 is 0 Å². The van der Waals surface area contributed by atoms with Crippen LogP contribution < -0.4 is 10.1 Å². The first kappa shape index (κ1) is 17.0. The monoisotopic (exact) mass is 344 g/mol. The van der Waals surface area contributed by atoms with Crippen molar-refractivity contribution in [2.75, 3.05) is 12.4 Å². The van der Waals surface area contributed by atoms with E-state index in [1.807, 2.05) is 12.1 Å². The maximum absolute atomic E-state index is 12.4. The number of ether oxygens (including phenoxy) is 1. The molecule has 0 saturated heterocycles. The van der Waals surface area contributed by atoms with Gasteiger partial charge in [-0.1, -0.05) is 26.8 Å². The van der Waals surface area contributed by atoms with Crippen molar-refractivity contribution in [2.45, 2.75) is 40.0 Å². The molecule has 1 aromatic carbocycles. The summed E-state index contributed by atoms with van der Waals surface area (Å²) in [5.41, 5.74) is 2.04. The Labute approximate surface area is 147 Å². The van der Waals surface area contributed by atoms with Gasteiger partial charge in [0.15, 0.2) is 5.13 Å². The van der Waals surface area contributed by atoms with Crippen LogP contribution in [0.3, 0.4) is 0 Å². The third kappa shape index (κ3) is 3.61. The third-order valence-corrected chi connectivity index (χ3v) is 5.75. The van der Waals surface area contributed by atoms with Gasteiger partial charge in [0.2, 0.25) is 0 Å². The zero-order chi connectivity index (χ0) is 17.3. The number of rotatable bonds is 3. The first-order chi connectivity index (χ1) is 11.4. The van der Waals surface area contributed by atoms with Crippen LogP contribution in [0, 0.1) is 11.3 Å². The number of anilines is 1. The number of amides is 1. The summed E-state index contributed by atoms with van der Waals surface area (Å²) in [6.07, 6.45) is 3.23. The first-order valence-electron chi connectivity index (χ1n) is 8.31. The fourth-order valence-corrected chi connectivity index (χ4v) is 4.18. The van der Waals surface area contributed by atoms with Crippen LogP contribution in [-0.4, -0.2) is 18.0 Å². The zero-order valence-electron chi connectivity index (χ0n) is 14.7. The summed E-state index contributed by atoms with van der Waals surface area (Å²) < 4.78 is 5.17. The highest BCUT2D eigenvalue weighted by Gasteiger charge is 2.30. The normalized spacial score (nSPS) is 17.2. The summed E-state index contributed by atoms with van der Waals surface area (Å²) >= 11 is 1.61. The molecule has 1 atom stereocenters. The van der Waals surface area contributed by atoms with E-state index in [-0.39, 0.29) is 5.91 Å². The molecule has 1 N–H and O–H groups in total. The quantitative estimate of drug-likeness (QED) is 0.888. The van der Waals surface area contributed by atoms with Crippen LogP contribution in [0.2, 0.25) is 0 Å². The van der Waals surface area contributed by atoms with E-state index in [0.717, 1.165) is 18.5 Å². The van der Waals surface area contributed by atoms with E-state index in [0.29, 0.717) is 27.8 Å². The highest BCUT2D eigenvalue weighted by Crippen LogP contribution is 2.40.